The van der Waals surface area contributed by atoms with E-state index in [1.54, 1.807) is 0 Å². The zero-order valence-electron chi connectivity index (χ0n) is 27.8. The van der Waals surface area contributed by atoms with Crippen LogP contribution >= 0.6 is 0 Å². The maximum atomic E-state index is 13.6. The molecule has 5 rings (SSSR count). The third-order valence-corrected chi connectivity index (χ3v) is 8.49. The van der Waals surface area contributed by atoms with E-state index in [1.807, 2.05) is 72.5 Å². The van der Waals surface area contributed by atoms with Crippen molar-refractivity contribution in [3.63, 3.8) is 0 Å². The monoisotopic (exact) mass is 673 g/mol. The Kier molecular flexibility index (Phi) is 11.4. The summed E-state index contributed by atoms with van der Waals surface area (Å²) in [5.41, 5.74) is 1.66. The summed E-state index contributed by atoms with van der Waals surface area (Å²) in [6, 6.07) is 18.8. The summed E-state index contributed by atoms with van der Waals surface area (Å²) in [5.74, 6) is -0.821. The van der Waals surface area contributed by atoms with Crippen molar-refractivity contribution in [2.24, 2.45) is 10.9 Å². The molecule has 14 heteroatoms. The van der Waals surface area contributed by atoms with Crippen molar-refractivity contribution in [3.05, 3.63) is 83.6 Å². The average molecular weight is 674 g/mol. The van der Waals surface area contributed by atoms with Gasteiger partial charge < -0.3 is 28.6 Å². The average Bonchev–Trinajstić information content (AvgIpc) is 3.50. The molecule has 3 aromatic rings. The molecular formula is C35H39N5O9. The lowest BCUT2D eigenvalue weighted by Gasteiger charge is -2.45. The summed E-state index contributed by atoms with van der Waals surface area (Å²) in [5, 5.41) is 0. The quantitative estimate of drug-likeness (QED) is 0.156. The maximum Gasteiger partial charge on any atom is 0.437 e. The number of piperidine rings is 1. The van der Waals surface area contributed by atoms with Gasteiger partial charge in [0.15, 0.2) is 5.78 Å². The van der Waals surface area contributed by atoms with Crippen LogP contribution in [0.25, 0.3) is 0 Å². The van der Waals surface area contributed by atoms with Crippen LogP contribution < -0.4 is 9.47 Å². The van der Waals surface area contributed by atoms with Gasteiger partial charge in [-0.05, 0) is 17.5 Å². The number of rotatable bonds is 11. The lowest BCUT2D eigenvalue weighted by Crippen LogP contribution is -2.56. The molecule has 1 aromatic heterocycles. The summed E-state index contributed by atoms with van der Waals surface area (Å²) in [6.07, 6.45) is -1.55. The van der Waals surface area contributed by atoms with Crippen molar-refractivity contribution in [1.29, 1.82) is 0 Å². The van der Waals surface area contributed by atoms with Gasteiger partial charge in [-0.3, -0.25) is 9.59 Å². The van der Waals surface area contributed by atoms with Crippen molar-refractivity contribution in [1.82, 2.24) is 19.8 Å². The molecule has 49 heavy (non-hydrogen) atoms. The molecule has 0 unspecified atom stereocenters. The number of carbonyl (C=O) groups is 4. The fourth-order valence-corrected chi connectivity index (χ4v) is 6.04. The van der Waals surface area contributed by atoms with E-state index in [4.69, 9.17) is 23.7 Å². The number of aromatic nitrogens is 2. The van der Waals surface area contributed by atoms with Gasteiger partial charge in [-0.25, -0.2) is 14.5 Å². The van der Waals surface area contributed by atoms with Gasteiger partial charge >= 0.3 is 24.2 Å². The summed E-state index contributed by atoms with van der Waals surface area (Å²) in [4.78, 5) is 68.1. The molecule has 2 aromatic carbocycles. The molecule has 14 nitrogen and oxygen atoms in total. The highest BCUT2D eigenvalue weighted by Crippen LogP contribution is 2.38. The first-order valence-corrected chi connectivity index (χ1v) is 15.9. The van der Waals surface area contributed by atoms with Crippen LogP contribution in [0, 0.1) is 5.92 Å². The van der Waals surface area contributed by atoms with E-state index >= 15 is 0 Å². The SMILES string of the molecule is COc1cc(C(=O)CC[C@H]2C[C@H](OC(C)=O)[C@H](C)[C@H]3CN(C(=O)OCc4ccccc4)/C(=N/C(=O)OCc4ccccc4)N23)nc(OC)n1. The highest BCUT2D eigenvalue weighted by molar-refractivity contribution is 6.01. The molecule has 0 saturated carbocycles. The number of methoxy groups -OCH3 is 2. The Labute approximate surface area is 284 Å². The van der Waals surface area contributed by atoms with Crippen LogP contribution in [0.4, 0.5) is 9.59 Å². The number of ether oxygens (including phenoxy) is 5. The van der Waals surface area contributed by atoms with E-state index in [2.05, 4.69) is 15.0 Å². The van der Waals surface area contributed by atoms with E-state index in [0.29, 0.717) is 6.42 Å². The van der Waals surface area contributed by atoms with E-state index in [-0.39, 0.29) is 67.8 Å². The molecular weight excluding hydrogens is 634 g/mol. The number of aliphatic imine (C=N–C) groups is 1. The number of Topliss-reactive ketones (excluding diaryl/α,β-unsaturated/α-hetero) is 1. The number of hydrogen-bond acceptors (Lipinski definition) is 11. The van der Waals surface area contributed by atoms with Gasteiger partial charge in [-0.15, -0.1) is 4.99 Å². The minimum absolute atomic E-state index is 0.00197. The molecule has 2 fully saturated rings. The molecule has 0 N–H and O–H groups in total. The van der Waals surface area contributed by atoms with Gasteiger partial charge in [0, 0.05) is 37.8 Å². The van der Waals surface area contributed by atoms with Crippen molar-refractivity contribution in [2.75, 3.05) is 20.8 Å². The van der Waals surface area contributed by atoms with Gasteiger partial charge in [0.2, 0.25) is 11.8 Å². The van der Waals surface area contributed by atoms with Crippen LogP contribution in [-0.2, 0) is 32.2 Å². The first-order chi connectivity index (χ1) is 23.7. The number of benzene rings is 2. The van der Waals surface area contributed by atoms with Gasteiger partial charge in [0.05, 0.1) is 26.8 Å². The number of amides is 2. The third kappa shape index (κ3) is 8.69. The standard InChI is InChI=1S/C35H39N5O9/c1-22-28-19-39(35(44)48-21-25-13-9-6-10-14-25)33(38-34(43)47-20-24-11-7-5-8-12-24)40(28)26(17-30(22)49-23(2)41)15-16-29(42)27-18-31(45-3)37-32(36-27)46-4/h5-14,18,22,26,28,30H,15-17,19-21H2,1-4H3/b38-33-/t22-,26+,28-,30+/m1/s1. The second-order valence-electron chi connectivity index (χ2n) is 11.7. The predicted octanol–water partition coefficient (Wildman–Crippen LogP) is 4.81. The lowest BCUT2D eigenvalue weighted by molar-refractivity contribution is -0.153. The van der Waals surface area contributed by atoms with Crippen molar-refractivity contribution in [3.8, 4) is 11.9 Å². The molecule has 0 aliphatic carbocycles. The molecule has 3 heterocycles. The zero-order valence-corrected chi connectivity index (χ0v) is 27.8. The Morgan fingerprint density at radius 3 is 2.16 bits per heavy atom. The Balaban J connectivity index is 1.44. The topological polar surface area (TPSA) is 159 Å². The van der Waals surface area contributed by atoms with Crippen molar-refractivity contribution < 1.29 is 42.9 Å². The normalized spacial score (nSPS) is 20.7. The molecule has 2 aliphatic rings. The number of ketones is 1. The molecule has 4 atom stereocenters. The number of hydrogen-bond donors (Lipinski definition) is 0. The number of carbonyl (C=O) groups excluding carboxylic acids is 4. The van der Waals surface area contributed by atoms with Crippen LogP contribution in [0.3, 0.4) is 0 Å². The number of guanidine groups is 1. The number of nitrogens with zero attached hydrogens (tertiary/aromatic N) is 5. The highest BCUT2D eigenvalue weighted by Gasteiger charge is 2.52. The van der Waals surface area contributed by atoms with Gasteiger partial charge in [-0.1, -0.05) is 67.6 Å². The summed E-state index contributed by atoms with van der Waals surface area (Å²) >= 11 is 0. The molecule has 0 spiro atoms. The Hall–Kier alpha value is -5.53. The highest BCUT2D eigenvalue weighted by atomic mass is 16.6. The van der Waals surface area contributed by atoms with Crippen LogP contribution in [0.5, 0.6) is 11.9 Å². The van der Waals surface area contributed by atoms with E-state index in [0.717, 1.165) is 11.1 Å². The molecule has 2 amide bonds. The first-order valence-electron chi connectivity index (χ1n) is 15.9. The minimum Gasteiger partial charge on any atom is -0.481 e. The van der Waals surface area contributed by atoms with E-state index in [9.17, 15) is 19.2 Å². The minimum atomic E-state index is -0.898. The van der Waals surface area contributed by atoms with Crippen LogP contribution in [0.2, 0.25) is 0 Å². The maximum absolute atomic E-state index is 13.6. The third-order valence-electron chi connectivity index (χ3n) is 8.49. The molecule has 2 aliphatic heterocycles. The second kappa shape index (κ2) is 16.0. The van der Waals surface area contributed by atoms with Gasteiger partial charge in [0.1, 0.15) is 25.0 Å². The van der Waals surface area contributed by atoms with Crippen LogP contribution in [-0.4, -0.2) is 88.6 Å². The largest absolute Gasteiger partial charge is 0.481 e. The molecule has 0 radical (unpaired) electrons. The summed E-state index contributed by atoms with van der Waals surface area (Å²) in [6.45, 7) is 3.33. The Morgan fingerprint density at radius 2 is 1.55 bits per heavy atom. The smallest absolute Gasteiger partial charge is 0.437 e. The predicted molar refractivity (Wildman–Crippen MR) is 175 cm³/mol. The van der Waals surface area contributed by atoms with Gasteiger partial charge in [0.25, 0.3) is 0 Å². The summed E-state index contributed by atoms with van der Waals surface area (Å²) < 4.78 is 27.2. The molecule has 0 bridgehead atoms. The number of fused-ring (bicyclic) bond motifs is 1. The number of esters is 1. The van der Waals surface area contributed by atoms with Gasteiger partial charge in [-0.2, -0.15) is 9.97 Å². The van der Waals surface area contributed by atoms with Crippen molar-refractivity contribution in [2.45, 2.75) is 64.5 Å². The van der Waals surface area contributed by atoms with Crippen LogP contribution in [0.1, 0.15) is 54.7 Å². The molecule has 258 valence electrons. The fourth-order valence-electron chi connectivity index (χ4n) is 6.04. The molecule has 2 saturated heterocycles. The lowest BCUT2D eigenvalue weighted by atomic mass is 9.83. The van der Waals surface area contributed by atoms with E-state index in [1.165, 1.54) is 32.1 Å². The van der Waals surface area contributed by atoms with Crippen LogP contribution in [0.15, 0.2) is 71.7 Å². The van der Waals surface area contributed by atoms with Crippen molar-refractivity contribution >= 4 is 29.9 Å². The summed E-state index contributed by atoms with van der Waals surface area (Å²) in [7, 11) is 2.81. The zero-order chi connectivity index (χ0) is 34.9. The first kappa shape index (κ1) is 34.8. The Bertz CT molecular complexity index is 1650. The van der Waals surface area contributed by atoms with E-state index < -0.39 is 36.3 Å². The fraction of sp³-hybridized carbons (Fsp3) is 0.400. The second-order valence-corrected chi connectivity index (χ2v) is 11.7. The Morgan fingerprint density at radius 1 is 0.898 bits per heavy atom.